The molecule has 162 valence electrons. The second-order valence-corrected chi connectivity index (χ2v) is 9.37. The molecule has 1 aliphatic heterocycles. The van der Waals surface area contributed by atoms with E-state index in [4.69, 9.17) is 0 Å². The zero-order valence-corrected chi connectivity index (χ0v) is 20.2. The van der Waals surface area contributed by atoms with Crippen LogP contribution in [0.15, 0.2) is 53.5 Å². The molecule has 3 rings (SSSR count). The summed E-state index contributed by atoms with van der Waals surface area (Å²) in [4.78, 5) is 16.2. The van der Waals surface area contributed by atoms with Crippen LogP contribution in [-0.4, -0.2) is 40.1 Å². The van der Waals surface area contributed by atoms with Gasteiger partial charge in [-0.1, -0.05) is 42.5 Å². The summed E-state index contributed by atoms with van der Waals surface area (Å²) in [7, 11) is -1.34. The van der Waals surface area contributed by atoms with Crippen molar-refractivity contribution in [2.24, 2.45) is 4.99 Å². The van der Waals surface area contributed by atoms with E-state index in [1.165, 1.54) is 6.26 Å². The van der Waals surface area contributed by atoms with Gasteiger partial charge in [-0.15, -0.1) is 24.0 Å². The minimum absolute atomic E-state index is 0. The maximum Gasteiger partial charge on any atom is 0.225 e. The third-order valence-corrected chi connectivity index (χ3v) is 5.62. The number of aliphatic imine (C=N–C) groups is 1. The van der Waals surface area contributed by atoms with Crippen LogP contribution in [0.1, 0.15) is 29.0 Å². The molecule has 0 aromatic heterocycles. The van der Waals surface area contributed by atoms with Crippen molar-refractivity contribution in [1.29, 1.82) is 0 Å². The van der Waals surface area contributed by atoms with E-state index in [-0.39, 0.29) is 41.6 Å². The largest absolute Gasteiger partial charge is 0.356 e. The van der Waals surface area contributed by atoms with Gasteiger partial charge in [0.15, 0.2) is 15.8 Å². The van der Waals surface area contributed by atoms with Crippen molar-refractivity contribution in [1.82, 2.24) is 10.6 Å². The molecule has 0 bridgehead atoms. The smallest absolute Gasteiger partial charge is 0.225 e. The van der Waals surface area contributed by atoms with Crippen molar-refractivity contribution < 1.29 is 13.2 Å². The molecule has 0 fully saturated rings. The Morgan fingerprint density at radius 3 is 2.43 bits per heavy atom. The van der Waals surface area contributed by atoms with Crippen molar-refractivity contribution in [3.8, 4) is 0 Å². The number of amides is 1. The highest BCUT2D eigenvalue weighted by atomic mass is 127. The van der Waals surface area contributed by atoms with Crippen molar-refractivity contribution in [2.75, 3.05) is 25.2 Å². The minimum Gasteiger partial charge on any atom is -0.356 e. The van der Waals surface area contributed by atoms with Crippen molar-refractivity contribution in [3.63, 3.8) is 0 Å². The van der Waals surface area contributed by atoms with E-state index < -0.39 is 9.84 Å². The molecule has 1 amide bonds. The van der Waals surface area contributed by atoms with Crippen LogP contribution in [0, 0.1) is 0 Å². The molecule has 30 heavy (non-hydrogen) atoms. The van der Waals surface area contributed by atoms with Crippen LogP contribution in [0.3, 0.4) is 0 Å². The molecule has 9 heteroatoms. The third kappa shape index (κ3) is 6.98. The lowest BCUT2D eigenvalue weighted by atomic mass is 9.90. The zero-order valence-electron chi connectivity index (χ0n) is 17.0. The number of para-hydroxylation sites is 1. The molecule has 1 unspecified atom stereocenters. The Kier molecular flexibility index (Phi) is 8.65. The Bertz CT molecular complexity index is 1010. The molecule has 7 nitrogen and oxygen atoms in total. The first-order valence-electron chi connectivity index (χ1n) is 9.43. The van der Waals surface area contributed by atoms with Gasteiger partial charge in [-0.05, 0) is 22.8 Å². The van der Waals surface area contributed by atoms with Gasteiger partial charge < -0.3 is 16.0 Å². The summed E-state index contributed by atoms with van der Waals surface area (Å²) < 4.78 is 22.8. The Hall–Kier alpha value is -2.14. The molecule has 1 atom stereocenters. The molecule has 1 heterocycles. The summed E-state index contributed by atoms with van der Waals surface area (Å²) in [5, 5.41) is 9.45. The highest BCUT2D eigenvalue weighted by Gasteiger charge is 2.24. The van der Waals surface area contributed by atoms with Crippen LogP contribution < -0.4 is 16.0 Å². The number of nitrogens with one attached hydrogen (secondary N) is 3. The second-order valence-electron chi connectivity index (χ2n) is 7.23. The summed E-state index contributed by atoms with van der Waals surface area (Å²) in [5.41, 5.74) is 3.78. The lowest BCUT2D eigenvalue weighted by Crippen LogP contribution is -2.40. The normalized spacial score (nSPS) is 16.1. The van der Waals surface area contributed by atoms with E-state index in [1.54, 1.807) is 7.05 Å². The number of carbonyl (C=O) groups excluding carboxylic acids is 1. The average molecular weight is 542 g/mol. The quantitative estimate of drug-likeness (QED) is 0.296. The third-order valence-electron chi connectivity index (χ3n) is 4.76. The Morgan fingerprint density at radius 2 is 1.77 bits per heavy atom. The summed E-state index contributed by atoms with van der Waals surface area (Å²) in [5.74, 6) is 0.787. The maximum atomic E-state index is 12.0. The van der Waals surface area contributed by atoms with E-state index >= 15 is 0 Å². The predicted octanol–water partition coefficient (Wildman–Crippen LogP) is 2.64. The van der Waals surface area contributed by atoms with Crippen LogP contribution in [0.25, 0.3) is 0 Å². The van der Waals surface area contributed by atoms with Gasteiger partial charge in [-0.2, -0.15) is 0 Å². The fraction of sp³-hybridized carbons (Fsp3) is 0.333. The topological polar surface area (TPSA) is 99.7 Å². The molecule has 3 N–H and O–H groups in total. The average Bonchev–Trinajstić information content (AvgIpc) is 2.68. The highest BCUT2D eigenvalue weighted by Crippen LogP contribution is 2.31. The van der Waals surface area contributed by atoms with Gasteiger partial charge in [0.2, 0.25) is 5.91 Å². The zero-order chi connectivity index (χ0) is 20.9. The van der Waals surface area contributed by atoms with Gasteiger partial charge in [0.25, 0.3) is 0 Å². The molecule has 2 aromatic rings. The Balaban J connectivity index is 0.00000320. The van der Waals surface area contributed by atoms with Crippen LogP contribution in [0.5, 0.6) is 0 Å². The number of carbonyl (C=O) groups is 1. The summed E-state index contributed by atoms with van der Waals surface area (Å²) in [6, 6.07) is 15.3. The number of sulfone groups is 1. The van der Waals surface area contributed by atoms with Crippen molar-refractivity contribution in [2.45, 2.75) is 24.6 Å². The van der Waals surface area contributed by atoms with E-state index in [0.29, 0.717) is 25.5 Å². The number of fused-ring (bicyclic) bond motifs is 1. The van der Waals surface area contributed by atoms with Crippen molar-refractivity contribution in [3.05, 3.63) is 65.2 Å². The van der Waals surface area contributed by atoms with Gasteiger partial charge in [0, 0.05) is 44.4 Å². The van der Waals surface area contributed by atoms with Gasteiger partial charge in [-0.25, -0.2) is 8.42 Å². The molecular weight excluding hydrogens is 515 g/mol. The van der Waals surface area contributed by atoms with Gasteiger partial charge in [0.1, 0.15) is 0 Å². The monoisotopic (exact) mass is 542 g/mol. The van der Waals surface area contributed by atoms with Crippen LogP contribution in [-0.2, 0) is 26.9 Å². The molecule has 0 saturated carbocycles. The van der Waals surface area contributed by atoms with Crippen LogP contribution in [0.4, 0.5) is 5.69 Å². The molecule has 0 aliphatic carbocycles. The lowest BCUT2D eigenvalue weighted by molar-refractivity contribution is -0.116. The number of hydrogen-bond acceptors (Lipinski definition) is 4. The van der Waals surface area contributed by atoms with Gasteiger partial charge in [0.05, 0.1) is 5.75 Å². The second kappa shape index (κ2) is 10.8. The van der Waals surface area contributed by atoms with Gasteiger partial charge >= 0.3 is 0 Å². The SMILES string of the molecule is CN=C(NCc1ccc(CS(C)(=O)=O)cc1)NCC1CC(=O)Nc2ccccc21.I. The number of benzene rings is 2. The first-order chi connectivity index (χ1) is 13.8. The molecule has 2 aromatic carbocycles. The first kappa shape index (κ1) is 24.1. The van der Waals surface area contributed by atoms with Crippen LogP contribution in [0.2, 0.25) is 0 Å². The predicted molar refractivity (Wildman–Crippen MR) is 131 cm³/mol. The number of nitrogens with zero attached hydrogens (tertiary/aromatic N) is 1. The van der Waals surface area contributed by atoms with E-state index in [2.05, 4.69) is 20.9 Å². The van der Waals surface area contributed by atoms with E-state index in [1.807, 2.05) is 48.5 Å². The molecule has 0 spiro atoms. The summed E-state index contributed by atoms with van der Waals surface area (Å²) in [6.07, 6.45) is 1.66. The minimum atomic E-state index is -3.04. The molecule has 0 radical (unpaired) electrons. The lowest BCUT2D eigenvalue weighted by Gasteiger charge is -2.26. The Labute approximate surface area is 194 Å². The highest BCUT2D eigenvalue weighted by molar-refractivity contribution is 14.0. The number of halogens is 1. The maximum absolute atomic E-state index is 12.0. The fourth-order valence-corrected chi connectivity index (χ4v) is 4.16. The number of rotatable bonds is 6. The molecular formula is C21H27IN4O3S. The Morgan fingerprint density at radius 1 is 1.10 bits per heavy atom. The number of guanidine groups is 1. The summed E-state index contributed by atoms with van der Waals surface area (Å²) >= 11 is 0. The van der Waals surface area contributed by atoms with Crippen molar-refractivity contribution >= 4 is 51.4 Å². The number of anilines is 1. The number of hydrogen-bond donors (Lipinski definition) is 3. The van der Waals surface area contributed by atoms with E-state index in [0.717, 1.165) is 22.4 Å². The fourth-order valence-electron chi connectivity index (χ4n) is 3.37. The first-order valence-corrected chi connectivity index (χ1v) is 11.5. The van der Waals surface area contributed by atoms with E-state index in [9.17, 15) is 13.2 Å². The molecule has 0 saturated heterocycles. The molecule has 1 aliphatic rings. The van der Waals surface area contributed by atoms with Gasteiger partial charge in [-0.3, -0.25) is 9.79 Å². The summed E-state index contributed by atoms with van der Waals surface area (Å²) in [6.45, 7) is 1.15. The van der Waals surface area contributed by atoms with Crippen LogP contribution >= 0.6 is 24.0 Å². The standard InChI is InChI=1S/C21H26N4O3S.HI/c1-22-21(23-12-15-7-9-16(10-8-15)14-29(2,27)28)24-13-17-11-20(26)25-19-6-4-3-5-18(17)19;/h3-10,17H,11-14H2,1-2H3,(H,25,26)(H2,22,23,24);1H.